The maximum atomic E-state index is 13.0. The summed E-state index contributed by atoms with van der Waals surface area (Å²) in [5, 5.41) is 3.30. The third-order valence-corrected chi connectivity index (χ3v) is 2.37. The Morgan fingerprint density at radius 3 is 2.80 bits per heavy atom. The van der Waals surface area contributed by atoms with E-state index in [0.717, 1.165) is 38.0 Å². The first-order chi connectivity index (χ1) is 7.24. The molecule has 0 fully saturated rings. The third kappa shape index (κ3) is 4.40. The molecule has 0 aliphatic rings. The van der Waals surface area contributed by atoms with Crippen LogP contribution in [0.15, 0.2) is 18.2 Å². The van der Waals surface area contributed by atoms with Crippen molar-refractivity contribution < 1.29 is 4.39 Å². The summed E-state index contributed by atoms with van der Waals surface area (Å²) in [6.07, 6.45) is 1.94. The normalized spacial score (nSPS) is 10.6. The fourth-order valence-corrected chi connectivity index (χ4v) is 1.45. The molecule has 0 saturated carbocycles. The first-order valence-corrected chi connectivity index (χ1v) is 5.40. The predicted molar refractivity (Wildman–Crippen MR) is 61.4 cm³/mol. The lowest BCUT2D eigenvalue weighted by atomic mass is 10.1. The maximum Gasteiger partial charge on any atom is 0.126 e. The van der Waals surface area contributed by atoms with E-state index in [2.05, 4.69) is 5.32 Å². The summed E-state index contributed by atoms with van der Waals surface area (Å²) in [5.74, 6) is -0.130. The molecule has 2 nitrogen and oxygen atoms in total. The van der Waals surface area contributed by atoms with E-state index in [9.17, 15) is 4.39 Å². The van der Waals surface area contributed by atoms with E-state index in [1.165, 1.54) is 11.6 Å². The lowest BCUT2D eigenvalue weighted by molar-refractivity contribution is 0.615. The molecule has 0 aliphatic carbocycles. The van der Waals surface area contributed by atoms with Crippen molar-refractivity contribution in [1.82, 2.24) is 5.32 Å². The van der Waals surface area contributed by atoms with Gasteiger partial charge in [0.15, 0.2) is 0 Å². The Hall–Kier alpha value is -0.930. The molecule has 0 saturated heterocycles. The van der Waals surface area contributed by atoms with E-state index in [-0.39, 0.29) is 5.82 Å². The summed E-state index contributed by atoms with van der Waals surface area (Å²) in [7, 11) is 0. The zero-order valence-corrected chi connectivity index (χ0v) is 9.22. The predicted octanol–water partition coefficient (Wildman–Crippen LogP) is 1.62. The summed E-state index contributed by atoms with van der Waals surface area (Å²) < 4.78 is 13.0. The van der Waals surface area contributed by atoms with Gasteiger partial charge in [-0.1, -0.05) is 12.1 Å². The highest BCUT2D eigenvalue weighted by molar-refractivity contribution is 5.24. The summed E-state index contributed by atoms with van der Waals surface area (Å²) in [6, 6.07) is 5.28. The van der Waals surface area contributed by atoms with E-state index in [1.807, 2.05) is 12.1 Å². The second-order valence-electron chi connectivity index (χ2n) is 3.73. The lowest BCUT2D eigenvalue weighted by Crippen LogP contribution is -2.20. The van der Waals surface area contributed by atoms with Crippen molar-refractivity contribution in [2.24, 2.45) is 5.73 Å². The maximum absolute atomic E-state index is 13.0. The molecule has 1 rings (SSSR count). The van der Waals surface area contributed by atoms with Crippen molar-refractivity contribution in [2.45, 2.75) is 19.8 Å². The third-order valence-electron chi connectivity index (χ3n) is 2.37. The number of nitrogens with two attached hydrogens (primary N) is 1. The van der Waals surface area contributed by atoms with Gasteiger partial charge in [-0.25, -0.2) is 4.39 Å². The molecule has 1 aromatic rings. The second-order valence-corrected chi connectivity index (χ2v) is 3.73. The van der Waals surface area contributed by atoms with E-state index in [1.54, 1.807) is 6.92 Å². The molecule has 0 atom stereocenters. The number of rotatable bonds is 6. The molecular formula is C12H19FN2. The number of aryl methyl sites for hydroxylation is 1. The summed E-state index contributed by atoms with van der Waals surface area (Å²) >= 11 is 0. The van der Waals surface area contributed by atoms with E-state index < -0.39 is 0 Å². The quantitative estimate of drug-likeness (QED) is 0.700. The Kier molecular flexibility index (Phi) is 5.29. The fraction of sp³-hybridized carbons (Fsp3) is 0.500. The molecule has 0 aromatic heterocycles. The van der Waals surface area contributed by atoms with Gasteiger partial charge in [-0.05, 0) is 56.6 Å². The van der Waals surface area contributed by atoms with Crippen LogP contribution in [0.25, 0.3) is 0 Å². The van der Waals surface area contributed by atoms with Crippen LogP contribution in [0.1, 0.15) is 17.5 Å². The number of halogens is 1. The molecule has 0 radical (unpaired) electrons. The molecule has 0 heterocycles. The average Bonchev–Trinajstić information content (AvgIpc) is 2.23. The molecule has 1 aromatic carbocycles. The van der Waals surface area contributed by atoms with Crippen molar-refractivity contribution >= 4 is 0 Å². The minimum Gasteiger partial charge on any atom is -0.330 e. The largest absolute Gasteiger partial charge is 0.330 e. The van der Waals surface area contributed by atoms with E-state index >= 15 is 0 Å². The van der Waals surface area contributed by atoms with Crippen LogP contribution in [0.3, 0.4) is 0 Å². The Bertz CT molecular complexity index is 300. The van der Waals surface area contributed by atoms with Crippen molar-refractivity contribution in [1.29, 1.82) is 0 Å². The van der Waals surface area contributed by atoms with Gasteiger partial charge < -0.3 is 11.1 Å². The van der Waals surface area contributed by atoms with Crippen LogP contribution in [-0.2, 0) is 6.42 Å². The van der Waals surface area contributed by atoms with Gasteiger partial charge >= 0.3 is 0 Å². The fourth-order valence-electron chi connectivity index (χ4n) is 1.45. The van der Waals surface area contributed by atoms with E-state index in [4.69, 9.17) is 5.73 Å². The second kappa shape index (κ2) is 6.53. The van der Waals surface area contributed by atoms with Gasteiger partial charge in [-0.3, -0.25) is 0 Å². The van der Waals surface area contributed by atoms with Crippen LogP contribution in [0, 0.1) is 12.7 Å². The monoisotopic (exact) mass is 210 g/mol. The Labute approximate surface area is 90.7 Å². The Morgan fingerprint density at radius 2 is 2.13 bits per heavy atom. The Morgan fingerprint density at radius 1 is 1.33 bits per heavy atom. The topological polar surface area (TPSA) is 38.0 Å². The smallest absolute Gasteiger partial charge is 0.126 e. The van der Waals surface area contributed by atoms with Crippen LogP contribution >= 0.6 is 0 Å². The molecule has 3 N–H and O–H groups in total. The first kappa shape index (κ1) is 12.1. The Balaban J connectivity index is 2.28. The van der Waals surface area contributed by atoms with Crippen LogP contribution in [0.2, 0.25) is 0 Å². The number of hydrogen-bond acceptors (Lipinski definition) is 2. The summed E-state index contributed by atoms with van der Waals surface area (Å²) in [4.78, 5) is 0. The van der Waals surface area contributed by atoms with Crippen molar-refractivity contribution in [3.05, 3.63) is 35.1 Å². The average molecular weight is 210 g/mol. The van der Waals surface area contributed by atoms with Gasteiger partial charge in [-0.15, -0.1) is 0 Å². The van der Waals surface area contributed by atoms with Gasteiger partial charge in [0.1, 0.15) is 5.82 Å². The number of benzene rings is 1. The van der Waals surface area contributed by atoms with Crippen LogP contribution < -0.4 is 11.1 Å². The molecule has 3 heteroatoms. The molecule has 0 amide bonds. The molecule has 0 unspecified atom stereocenters. The van der Waals surface area contributed by atoms with Gasteiger partial charge in [0.2, 0.25) is 0 Å². The van der Waals surface area contributed by atoms with Crippen molar-refractivity contribution in [2.75, 3.05) is 19.6 Å². The molecule has 0 spiro atoms. The highest BCUT2D eigenvalue weighted by atomic mass is 19.1. The minimum atomic E-state index is -0.130. The minimum absolute atomic E-state index is 0.130. The highest BCUT2D eigenvalue weighted by Gasteiger charge is 1.98. The number of hydrogen-bond donors (Lipinski definition) is 2. The van der Waals surface area contributed by atoms with Gasteiger partial charge in [-0.2, -0.15) is 0 Å². The summed E-state index contributed by atoms with van der Waals surface area (Å²) in [6.45, 7) is 4.39. The molecule has 0 aliphatic heterocycles. The van der Waals surface area contributed by atoms with Gasteiger partial charge in [0, 0.05) is 0 Å². The molecule has 84 valence electrons. The highest BCUT2D eigenvalue weighted by Crippen LogP contribution is 2.09. The van der Waals surface area contributed by atoms with E-state index in [0.29, 0.717) is 0 Å². The van der Waals surface area contributed by atoms with Crippen LogP contribution in [0.5, 0.6) is 0 Å². The summed E-state index contributed by atoms with van der Waals surface area (Å²) in [5.41, 5.74) is 7.27. The standard InChI is InChI=1S/C12H19FN2/c1-10-9-11(3-4-12(10)13)5-8-15-7-2-6-14/h3-4,9,15H,2,5-8,14H2,1H3. The number of nitrogens with one attached hydrogen (secondary N) is 1. The SMILES string of the molecule is Cc1cc(CCNCCCN)ccc1F. The van der Waals surface area contributed by atoms with Crippen LogP contribution in [0.4, 0.5) is 4.39 Å². The first-order valence-electron chi connectivity index (χ1n) is 5.40. The zero-order valence-electron chi connectivity index (χ0n) is 9.22. The zero-order chi connectivity index (χ0) is 11.1. The van der Waals surface area contributed by atoms with Crippen LogP contribution in [-0.4, -0.2) is 19.6 Å². The molecule has 15 heavy (non-hydrogen) atoms. The lowest BCUT2D eigenvalue weighted by Gasteiger charge is -2.05. The van der Waals surface area contributed by atoms with Gasteiger partial charge in [0.25, 0.3) is 0 Å². The van der Waals surface area contributed by atoms with Crippen molar-refractivity contribution in [3.63, 3.8) is 0 Å². The molecular weight excluding hydrogens is 191 g/mol. The molecule has 0 bridgehead atoms. The van der Waals surface area contributed by atoms with Gasteiger partial charge in [0.05, 0.1) is 0 Å². The van der Waals surface area contributed by atoms with Crippen molar-refractivity contribution in [3.8, 4) is 0 Å².